The predicted molar refractivity (Wildman–Crippen MR) is 90.2 cm³/mol. The highest BCUT2D eigenvalue weighted by Gasteiger charge is 2.42. The van der Waals surface area contributed by atoms with Gasteiger partial charge in [0.15, 0.2) is 0 Å². The van der Waals surface area contributed by atoms with Crippen molar-refractivity contribution in [1.82, 2.24) is 14.9 Å². The summed E-state index contributed by atoms with van der Waals surface area (Å²) in [6.07, 6.45) is -4.96. The lowest BCUT2D eigenvalue weighted by Gasteiger charge is -2.23. The van der Waals surface area contributed by atoms with Crippen LogP contribution in [0.5, 0.6) is 5.75 Å². The van der Waals surface area contributed by atoms with Crippen LogP contribution in [0.15, 0.2) is 40.5 Å². The van der Waals surface area contributed by atoms with E-state index in [9.17, 15) is 22.8 Å². The normalized spacial score (nSPS) is 11.7. The highest BCUT2D eigenvalue weighted by molar-refractivity contribution is 7.09. The summed E-state index contributed by atoms with van der Waals surface area (Å²) in [5.41, 5.74) is 0.529. The van der Waals surface area contributed by atoms with Crippen LogP contribution in [0.2, 0.25) is 0 Å². The number of nitrogens with one attached hydrogen (secondary N) is 2. The fourth-order valence-electron chi connectivity index (χ4n) is 2.44. The lowest BCUT2D eigenvalue weighted by Crippen LogP contribution is -2.42. The Balaban J connectivity index is 1.70. The molecule has 2 aromatic heterocycles. The number of carbonyl (C=O) groups excluding carboxylic acids is 1. The molecule has 6 nitrogen and oxygen atoms in total. The molecule has 3 aromatic rings. The number of aromatic nitrogens is 2. The minimum absolute atomic E-state index is 0.148. The van der Waals surface area contributed by atoms with E-state index in [0.29, 0.717) is 26.6 Å². The smallest absolute Gasteiger partial charge is 0.471 e. The molecule has 0 bridgehead atoms. The van der Waals surface area contributed by atoms with Crippen LogP contribution in [0, 0.1) is 0 Å². The van der Waals surface area contributed by atoms with Crippen LogP contribution in [-0.4, -0.2) is 40.1 Å². The summed E-state index contributed by atoms with van der Waals surface area (Å²) >= 11 is 1.27. The second kappa shape index (κ2) is 7.24. The lowest BCUT2D eigenvalue weighted by molar-refractivity contribution is -0.186. The summed E-state index contributed by atoms with van der Waals surface area (Å²) in [5, 5.41) is 1.73. The maximum atomic E-state index is 12.8. The number of hydrogen-bond acceptors (Lipinski definition) is 4. The van der Waals surface area contributed by atoms with Crippen molar-refractivity contribution in [2.75, 3.05) is 13.2 Å². The molecule has 2 N–H and O–H groups in total. The Morgan fingerprint density at radius 2 is 2.00 bits per heavy atom. The number of nitrogens with zero attached hydrogens (tertiary/aromatic N) is 1. The van der Waals surface area contributed by atoms with E-state index in [4.69, 9.17) is 4.74 Å². The zero-order valence-electron chi connectivity index (χ0n) is 13.3. The maximum Gasteiger partial charge on any atom is 0.471 e. The molecule has 0 spiro atoms. The van der Waals surface area contributed by atoms with Gasteiger partial charge in [0.2, 0.25) is 0 Å². The molecule has 138 valence electrons. The summed E-state index contributed by atoms with van der Waals surface area (Å²) in [4.78, 5) is 29.5. The van der Waals surface area contributed by atoms with E-state index in [1.54, 1.807) is 35.7 Å². The number of rotatable bonds is 6. The zero-order valence-corrected chi connectivity index (χ0v) is 14.1. The number of benzene rings is 1. The Morgan fingerprint density at radius 3 is 2.69 bits per heavy atom. The molecule has 2 heterocycles. The van der Waals surface area contributed by atoms with Crippen molar-refractivity contribution in [3.63, 3.8) is 0 Å². The van der Waals surface area contributed by atoms with Crippen molar-refractivity contribution >= 4 is 28.3 Å². The number of amides is 1. The van der Waals surface area contributed by atoms with Crippen LogP contribution in [0.1, 0.15) is 4.88 Å². The highest BCUT2D eigenvalue weighted by Crippen LogP contribution is 2.23. The maximum absolute atomic E-state index is 12.8. The number of aromatic amines is 2. The second-order valence-corrected chi connectivity index (χ2v) is 6.44. The summed E-state index contributed by atoms with van der Waals surface area (Å²) in [6, 6.07) is 8.26. The van der Waals surface area contributed by atoms with Gasteiger partial charge in [-0.2, -0.15) is 13.2 Å². The van der Waals surface area contributed by atoms with Crippen molar-refractivity contribution in [3.8, 4) is 5.75 Å². The molecule has 0 aliphatic carbocycles. The fraction of sp³-hybridized carbons (Fsp3) is 0.250. The van der Waals surface area contributed by atoms with Crippen LogP contribution in [0.4, 0.5) is 13.2 Å². The molecular formula is C16H14F3N3O3S. The Morgan fingerprint density at radius 1 is 1.19 bits per heavy atom. The summed E-state index contributed by atoms with van der Waals surface area (Å²) in [5.74, 6) is -1.60. The number of para-hydroxylation sites is 1. The van der Waals surface area contributed by atoms with Crippen molar-refractivity contribution < 1.29 is 22.7 Å². The molecule has 1 amide bonds. The Labute approximate surface area is 149 Å². The van der Waals surface area contributed by atoms with Crippen LogP contribution in [-0.2, 0) is 11.3 Å². The highest BCUT2D eigenvalue weighted by atomic mass is 32.1. The van der Waals surface area contributed by atoms with Crippen LogP contribution >= 0.6 is 11.3 Å². The average Bonchev–Trinajstić information content (AvgIpc) is 3.21. The first kappa shape index (κ1) is 18.1. The van der Waals surface area contributed by atoms with Gasteiger partial charge in [0.1, 0.15) is 17.9 Å². The second-order valence-electron chi connectivity index (χ2n) is 5.41. The Hall–Kier alpha value is -2.75. The molecule has 0 aliphatic heterocycles. The first-order chi connectivity index (χ1) is 12.3. The number of thiophene rings is 1. The SMILES string of the molecule is O=C(N(CCOc1cccc2[nH]c(=O)[nH]c12)Cc1cccs1)C(F)(F)F. The van der Waals surface area contributed by atoms with E-state index in [0.717, 1.165) is 0 Å². The third kappa shape index (κ3) is 4.07. The molecule has 0 aliphatic rings. The summed E-state index contributed by atoms with van der Waals surface area (Å²) in [7, 11) is 0. The van der Waals surface area contributed by atoms with Gasteiger partial charge in [-0.25, -0.2) is 4.79 Å². The minimum atomic E-state index is -4.96. The molecule has 1 aromatic carbocycles. The van der Waals surface area contributed by atoms with Gasteiger partial charge in [-0.3, -0.25) is 4.79 Å². The first-order valence-electron chi connectivity index (χ1n) is 7.57. The summed E-state index contributed by atoms with van der Waals surface area (Å²) in [6.45, 7) is -0.550. The number of ether oxygens (including phenoxy) is 1. The summed E-state index contributed by atoms with van der Waals surface area (Å²) < 4.78 is 43.9. The van der Waals surface area contributed by atoms with E-state index in [1.165, 1.54) is 11.3 Å². The molecule has 0 saturated carbocycles. The predicted octanol–water partition coefficient (Wildman–Crippen LogP) is 2.89. The van der Waals surface area contributed by atoms with E-state index in [1.807, 2.05) is 0 Å². The van der Waals surface area contributed by atoms with Crippen LogP contribution < -0.4 is 10.4 Å². The number of alkyl halides is 3. The average molecular weight is 385 g/mol. The van der Waals surface area contributed by atoms with Crippen molar-refractivity contribution in [1.29, 1.82) is 0 Å². The standard InChI is InChI=1S/C16H14F3N3O3S/c17-16(18,19)14(23)22(9-10-3-2-8-26-10)6-7-25-12-5-1-4-11-13(12)21-15(24)20-11/h1-5,8H,6-7,9H2,(H2,20,21,24). The van der Waals surface area contributed by atoms with Crippen molar-refractivity contribution in [3.05, 3.63) is 51.1 Å². The fourth-order valence-corrected chi connectivity index (χ4v) is 3.16. The van der Waals surface area contributed by atoms with Gasteiger partial charge in [-0.15, -0.1) is 11.3 Å². The number of H-pyrrole nitrogens is 2. The largest absolute Gasteiger partial charge is 0.489 e. The third-order valence-corrected chi connectivity index (χ3v) is 4.45. The Kier molecular flexibility index (Phi) is 5.03. The monoisotopic (exact) mass is 385 g/mol. The lowest BCUT2D eigenvalue weighted by atomic mass is 10.3. The first-order valence-corrected chi connectivity index (χ1v) is 8.45. The molecule has 0 atom stereocenters. The molecule has 0 radical (unpaired) electrons. The number of carbonyl (C=O) groups is 1. The van der Waals surface area contributed by atoms with E-state index >= 15 is 0 Å². The van der Waals surface area contributed by atoms with Crippen molar-refractivity contribution in [2.24, 2.45) is 0 Å². The molecule has 0 fully saturated rings. The van der Waals surface area contributed by atoms with Crippen LogP contribution in [0.3, 0.4) is 0 Å². The number of fused-ring (bicyclic) bond motifs is 1. The molecular weight excluding hydrogens is 371 g/mol. The van der Waals surface area contributed by atoms with E-state index < -0.39 is 17.8 Å². The van der Waals surface area contributed by atoms with Gasteiger partial charge >= 0.3 is 17.8 Å². The van der Waals surface area contributed by atoms with E-state index in [2.05, 4.69) is 9.97 Å². The molecule has 26 heavy (non-hydrogen) atoms. The zero-order chi connectivity index (χ0) is 18.7. The number of hydrogen-bond donors (Lipinski definition) is 2. The molecule has 10 heteroatoms. The molecule has 3 rings (SSSR count). The molecule has 0 saturated heterocycles. The third-order valence-electron chi connectivity index (χ3n) is 3.59. The minimum Gasteiger partial charge on any atom is -0.489 e. The van der Waals surface area contributed by atoms with Crippen LogP contribution in [0.25, 0.3) is 11.0 Å². The topological polar surface area (TPSA) is 78.2 Å². The van der Waals surface area contributed by atoms with Gasteiger partial charge in [0, 0.05) is 4.88 Å². The number of halogens is 3. The van der Waals surface area contributed by atoms with Crippen molar-refractivity contribution in [2.45, 2.75) is 12.7 Å². The van der Waals surface area contributed by atoms with Gasteiger partial charge in [-0.05, 0) is 23.6 Å². The van der Waals surface area contributed by atoms with Gasteiger partial charge in [0.25, 0.3) is 0 Å². The van der Waals surface area contributed by atoms with Gasteiger partial charge in [-0.1, -0.05) is 12.1 Å². The Bertz CT molecular complexity index is 947. The quantitative estimate of drug-likeness (QED) is 0.685. The van der Waals surface area contributed by atoms with E-state index in [-0.39, 0.29) is 19.7 Å². The number of imidazole rings is 1. The molecule has 0 unspecified atom stereocenters. The van der Waals surface area contributed by atoms with Gasteiger partial charge in [0.05, 0.1) is 18.6 Å². The van der Waals surface area contributed by atoms with Gasteiger partial charge < -0.3 is 19.6 Å².